The Balaban J connectivity index is 1.30. The van der Waals surface area contributed by atoms with Gasteiger partial charge in [0.25, 0.3) is 0 Å². The zero-order valence-electron chi connectivity index (χ0n) is 71.6. The highest BCUT2D eigenvalue weighted by Gasteiger charge is 2.54. The fourth-order valence-electron chi connectivity index (χ4n) is 15.9. The van der Waals surface area contributed by atoms with Crippen molar-refractivity contribution in [2.24, 2.45) is 0 Å². The smallest absolute Gasteiger partial charge is 0.220 e. The lowest BCUT2D eigenvalue weighted by molar-refractivity contribution is -0.379. The predicted molar refractivity (Wildman–Crippen MR) is 457 cm³/mol. The molecule has 19 heteroatoms. The third kappa shape index (κ3) is 51.7. The van der Waals surface area contributed by atoms with E-state index < -0.39 is 124 Å². The van der Waals surface area contributed by atoms with Crippen LogP contribution in [0.1, 0.15) is 399 Å². The molecule has 3 aliphatic heterocycles. The highest BCUT2D eigenvalue weighted by molar-refractivity contribution is 5.76. The van der Waals surface area contributed by atoms with Crippen molar-refractivity contribution in [3.63, 3.8) is 0 Å². The first-order valence-corrected chi connectivity index (χ1v) is 47.0. The van der Waals surface area contributed by atoms with Crippen molar-refractivity contribution in [1.29, 1.82) is 0 Å². The summed E-state index contributed by atoms with van der Waals surface area (Å²) in [5.41, 5.74) is 0. The molecule has 3 saturated heterocycles. The molecule has 0 spiro atoms. The maximum absolute atomic E-state index is 13.6. The number of ether oxygens (including phenoxy) is 6. The number of hydrogen-bond donors (Lipinski definition) is 12. The molecule has 3 heterocycles. The maximum Gasteiger partial charge on any atom is 0.220 e. The highest BCUT2D eigenvalue weighted by Crippen LogP contribution is 2.34. The van der Waals surface area contributed by atoms with E-state index in [0.717, 1.165) is 77.0 Å². The number of aliphatic hydroxyl groups excluding tert-OH is 11. The van der Waals surface area contributed by atoms with Crippen LogP contribution in [0.25, 0.3) is 0 Å². The Labute approximate surface area is 687 Å². The third-order valence-electron chi connectivity index (χ3n) is 23.4. The normalized spacial score (nSPS) is 25.1. The van der Waals surface area contributed by atoms with Crippen molar-refractivity contribution >= 4 is 5.91 Å². The SMILES string of the molecule is CC/C=C\C/C=C\C/C=C\C/C=C\C/C=C\CCCCCCCCCCCCCCCCCCCCCCCC(=O)NC(COC1OC(CO)C(OC2OC(CO)C(OC3OC(CO)C(O)C(O)C3O)C(O)C2O)C(O)C1O)C(O)CCCCCCCCCCCCCCCCCCCCCCCCCCCCCCCCC. The predicted octanol–water partition coefficient (Wildman–Crippen LogP) is 18.5. The second kappa shape index (κ2) is 73.4. The number of amides is 1. The van der Waals surface area contributed by atoms with Crippen molar-refractivity contribution in [3.05, 3.63) is 60.8 Å². The number of carbonyl (C=O) groups excluding carboxylic acids is 1. The van der Waals surface area contributed by atoms with Gasteiger partial charge >= 0.3 is 0 Å². The second-order valence-electron chi connectivity index (χ2n) is 33.5. The summed E-state index contributed by atoms with van der Waals surface area (Å²) in [4.78, 5) is 13.6. The standard InChI is InChI=1S/C94H173NO18/c1-3-5-7-9-11-13-15-17-19-21-23-25-27-29-31-33-35-36-37-38-39-40-42-44-46-48-50-52-54-56-58-60-62-64-66-68-70-72-82(100)95-77(78(99)71-69-67-65-63-61-59-57-55-53-51-49-47-45-43-41-34-32-30-28-26-24-22-20-18-16-14-12-10-8-6-4-2)76-108-92-88(106)85(103)90(80(74-97)110-92)113-94-89(107)86(104)91(81(75-98)111-94)112-93-87(105)84(102)83(101)79(73-96)109-93/h5,7,11,13,17,19,23,25,29,31,77-81,83-94,96-99,101-107H,3-4,6,8-10,12,14-16,18,20-22,24,26-28,30,32-76H2,1-2H3,(H,95,100)/b7-5-,13-11-,19-17-,25-23-,31-29-. The minimum absolute atomic E-state index is 0.235. The van der Waals surface area contributed by atoms with E-state index in [9.17, 15) is 61.0 Å². The molecule has 3 rings (SSSR count). The Kier molecular flexibility index (Phi) is 68.0. The van der Waals surface area contributed by atoms with Gasteiger partial charge in [0.15, 0.2) is 18.9 Å². The van der Waals surface area contributed by atoms with E-state index in [0.29, 0.717) is 12.8 Å². The van der Waals surface area contributed by atoms with Crippen LogP contribution >= 0.6 is 0 Å². The minimum Gasteiger partial charge on any atom is -0.394 e. The number of unbranched alkanes of at least 4 members (excludes halogenated alkanes) is 51. The second-order valence-corrected chi connectivity index (χ2v) is 33.5. The Morgan fingerprint density at radius 2 is 0.611 bits per heavy atom. The average Bonchev–Trinajstić information content (AvgIpc) is 0.779. The van der Waals surface area contributed by atoms with Crippen molar-refractivity contribution in [1.82, 2.24) is 5.32 Å². The largest absolute Gasteiger partial charge is 0.394 e. The number of carbonyl (C=O) groups is 1. The van der Waals surface area contributed by atoms with Crippen LogP contribution in [0.3, 0.4) is 0 Å². The number of hydrogen-bond acceptors (Lipinski definition) is 18. The van der Waals surface area contributed by atoms with E-state index >= 15 is 0 Å². The Hall–Kier alpha value is -2.51. The Bertz CT molecular complexity index is 2270. The average molecular weight is 1610 g/mol. The first kappa shape index (κ1) is 105. The van der Waals surface area contributed by atoms with Gasteiger partial charge < -0.3 is 89.9 Å². The van der Waals surface area contributed by atoms with Crippen LogP contribution in [0.15, 0.2) is 60.8 Å². The van der Waals surface area contributed by atoms with Crippen LogP contribution < -0.4 is 5.32 Å². The number of allylic oxidation sites excluding steroid dienone is 10. The number of aliphatic hydroxyl groups is 11. The molecule has 0 saturated carbocycles. The molecular weight excluding hydrogens is 1430 g/mol. The minimum atomic E-state index is -1.97. The molecule has 0 aliphatic carbocycles. The Morgan fingerprint density at radius 3 is 0.956 bits per heavy atom. The number of nitrogens with one attached hydrogen (secondary N) is 1. The van der Waals surface area contributed by atoms with E-state index in [1.807, 2.05) is 0 Å². The van der Waals surface area contributed by atoms with Crippen LogP contribution in [-0.2, 0) is 33.2 Å². The van der Waals surface area contributed by atoms with Gasteiger partial charge in [-0.2, -0.15) is 0 Å². The molecule has 662 valence electrons. The third-order valence-corrected chi connectivity index (χ3v) is 23.4. The summed E-state index contributed by atoms with van der Waals surface area (Å²) < 4.78 is 34.6. The molecule has 17 unspecified atom stereocenters. The lowest BCUT2D eigenvalue weighted by Crippen LogP contribution is -2.66. The number of rotatable bonds is 77. The molecule has 17 atom stereocenters. The Morgan fingerprint density at radius 1 is 0.327 bits per heavy atom. The summed E-state index contributed by atoms with van der Waals surface area (Å²) in [5.74, 6) is -0.235. The van der Waals surface area contributed by atoms with Gasteiger partial charge in [0.2, 0.25) is 5.91 Å². The van der Waals surface area contributed by atoms with Crippen LogP contribution in [0.5, 0.6) is 0 Å². The van der Waals surface area contributed by atoms with Crippen molar-refractivity contribution in [3.8, 4) is 0 Å². The van der Waals surface area contributed by atoms with E-state index in [1.54, 1.807) is 0 Å². The maximum atomic E-state index is 13.6. The van der Waals surface area contributed by atoms with Crippen molar-refractivity contribution in [2.45, 2.75) is 503 Å². The molecule has 0 aromatic rings. The molecule has 0 aromatic carbocycles. The highest BCUT2D eigenvalue weighted by atomic mass is 16.8. The van der Waals surface area contributed by atoms with Crippen LogP contribution in [0.4, 0.5) is 0 Å². The van der Waals surface area contributed by atoms with Gasteiger partial charge in [0, 0.05) is 6.42 Å². The molecule has 0 radical (unpaired) electrons. The lowest BCUT2D eigenvalue weighted by atomic mass is 9.96. The molecule has 12 N–H and O–H groups in total. The van der Waals surface area contributed by atoms with Gasteiger partial charge in [-0.1, -0.05) is 396 Å². The van der Waals surface area contributed by atoms with E-state index in [1.165, 1.54) is 289 Å². The molecule has 0 aromatic heterocycles. The van der Waals surface area contributed by atoms with Crippen LogP contribution in [0.2, 0.25) is 0 Å². The van der Waals surface area contributed by atoms with Gasteiger partial charge in [0.05, 0.1) is 38.6 Å². The summed E-state index contributed by atoms with van der Waals surface area (Å²) in [6.07, 6.45) is 70.5. The summed E-state index contributed by atoms with van der Waals surface area (Å²) in [6, 6.07) is -0.890. The molecule has 19 nitrogen and oxygen atoms in total. The molecule has 1 amide bonds. The fourth-order valence-corrected chi connectivity index (χ4v) is 15.9. The summed E-state index contributed by atoms with van der Waals surface area (Å²) in [7, 11) is 0. The zero-order valence-corrected chi connectivity index (χ0v) is 71.6. The monoisotopic (exact) mass is 1600 g/mol. The molecular formula is C94H173NO18. The summed E-state index contributed by atoms with van der Waals surface area (Å²) >= 11 is 0. The van der Waals surface area contributed by atoms with Crippen molar-refractivity contribution in [2.75, 3.05) is 26.4 Å². The van der Waals surface area contributed by atoms with Gasteiger partial charge in [-0.15, -0.1) is 0 Å². The van der Waals surface area contributed by atoms with Gasteiger partial charge in [-0.25, -0.2) is 0 Å². The first-order chi connectivity index (χ1) is 55.3. The van der Waals surface area contributed by atoms with E-state index in [2.05, 4.69) is 79.9 Å². The topological polar surface area (TPSA) is 307 Å². The van der Waals surface area contributed by atoms with Crippen LogP contribution in [-0.4, -0.2) is 193 Å². The van der Waals surface area contributed by atoms with E-state index in [4.69, 9.17) is 28.4 Å². The van der Waals surface area contributed by atoms with Gasteiger partial charge in [0.1, 0.15) is 73.2 Å². The van der Waals surface area contributed by atoms with Crippen LogP contribution in [0, 0.1) is 0 Å². The molecule has 3 aliphatic rings. The fraction of sp³-hybridized carbons (Fsp3) is 0.883. The summed E-state index contributed by atoms with van der Waals surface area (Å²) in [6.45, 7) is 1.76. The quantitative estimate of drug-likeness (QED) is 0.0199. The molecule has 0 bridgehead atoms. The van der Waals surface area contributed by atoms with Gasteiger partial charge in [-0.3, -0.25) is 4.79 Å². The van der Waals surface area contributed by atoms with Crippen molar-refractivity contribution < 1.29 is 89.4 Å². The molecule has 113 heavy (non-hydrogen) atoms. The lowest BCUT2D eigenvalue weighted by Gasteiger charge is -2.48. The van der Waals surface area contributed by atoms with E-state index in [-0.39, 0.29) is 18.9 Å². The van der Waals surface area contributed by atoms with Gasteiger partial charge in [-0.05, 0) is 57.8 Å². The molecule has 3 fully saturated rings. The first-order valence-electron chi connectivity index (χ1n) is 47.0. The summed E-state index contributed by atoms with van der Waals surface area (Å²) in [5, 5.41) is 121. The zero-order chi connectivity index (χ0) is 81.7.